The molecule has 0 spiro atoms. The van der Waals surface area contributed by atoms with Crippen molar-refractivity contribution in [2.45, 2.75) is 57.2 Å². The second-order valence-corrected chi connectivity index (χ2v) is 7.83. The molecule has 0 amide bonds. The molecule has 2 aromatic rings. The Morgan fingerprint density at radius 3 is 2.52 bits per heavy atom. The van der Waals surface area contributed by atoms with E-state index in [0.717, 1.165) is 29.7 Å². The van der Waals surface area contributed by atoms with Crippen molar-refractivity contribution in [1.82, 2.24) is 15.5 Å². The maximum absolute atomic E-state index is 13.3. The van der Waals surface area contributed by atoms with Gasteiger partial charge in [-0.15, -0.1) is 5.10 Å². The molecule has 1 N–H and O–H groups in total. The van der Waals surface area contributed by atoms with Crippen LogP contribution in [-0.2, 0) is 0 Å². The van der Waals surface area contributed by atoms with Crippen LogP contribution in [0, 0.1) is 5.92 Å². The Morgan fingerprint density at radius 2 is 1.76 bits per heavy atom. The minimum atomic E-state index is -2.41. The summed E-state index contributed by atoms with van der Waals surface area (Å²) in [6.07, 6.45) is 5.32. The molecule has 1 saturated carbocycles. The molecule has 1 saturated heterocycles. The van der Waals surface area contributed by atoms with Gasteiger partial charge in [-0.05, 0) is 56.3 Å². The maximum atomic E-state index is 13.3. The van der Waals surface area contributed by atoms with E-state index < -0.39 is 18.4 Å². The normalized spacial score (nSPS) is 23.1. The summed E-state index contributed by atoms with van der Waals surface area (Å²) in [5.41, 5.74) is 1.78. The Bertz CT molecular complexity index is 782. The summed E-state index contributed by atoms with van der Waals surface area (Å²) < 4.78 is 38.4. The number of rotatable bonds is 6. The molecule has 29 heavy (non-hydrogen) atoms. The van der Waals surface area contributed by atoms with Crippen LogP contribution in [0.4, 0.5) is 8.78 Å². The van der Waals surface area contributed by atoms with E-state index in [1.54, 1.807) is 12.3 Å². The predicted octanol–water partition coefficient (Wildman–Crippen LogP) is 4.48. The Balaban J connectivity index is 1.42. The van der Waals surface area contributed by atoms with Gasteiger partial charge in [0.2, 0.25) is 12.3 Å². The van der Waals surface area contributed by atoms with Gasteiger partial charge in [0.1, 0.15) is 11.9 Å². The van der Waals surface area contributed by atoms with Crippen LogP contribution < -0.4 is 14.8 Å². The fraction of sp³-hybridized carbons (Fsp3) is 0.545. The summed E-state index contributed by atoms with van der Waals surface area (Å²) >= 11 is 0. The lowest BCUT2D eigenvalue weighted by molar-refractivity contribution is -0.0134. The van der Waals surface area contributed by atoms with E-state index in [-0.39, 0.29) is 5.88 Å². The quantitative estimate of drug-likeness (QED) is 0.771. The van der Waals surface area contributed by atoms with Crippen molar-refractivity contribution in [2.75, 3.05) is 13.1 Å². The molecule has 0 radical (unpaired) electrons. The van der Waals surface area contributed by atoms with Gasteiger partial charge in [0.15, 0.2) is 0 Å². The van der Waals surface area contributed by atoms with Gasteiger partial charge in [-0.25, -0.2) is 8.78 Å². The lowest BCUT2D eigenvalue weighted by atomic mass is 9.95. The molecule has 2 unspecified atom stereocenters. The number of hydrogen-bond acceptors (Lipinski definition) is 5. The van der Waals surface area contributed by atoms with Crippen molar-refractivity contribution < 1.29 is 18.3 Å². The molecule has 5 nitrogen and oxygen atoms in total. The van der Waals surface area contributed by atoms with Crippen molar-refractivity contribution in [3.63, 3.8) is 0 Å². The zero-order valence-corrected chi connectivity index (χ0v) is 16.4. The van der Waals surface area contributed by atoms with Gasteiger partial charge in [-0.2, -0.15) is 5.10 Å². The average Bonchev–Trinajstić information content (AvgIpc) is 2.75. The van der Waals surface area contributed by atoms with Crippen LogP contribution >= 0.6 is 0 Å². The summed E-state index contributed by atoms with van der Waals surface area (Å²) in [4.78, 5) is 0. The summed E-state index contributed by atoms with van der Waals surface area (Å²) in [6, 6.07) is 9.62. The van der Waals surface area contributed by atoms with Gasteiger partial charge in [0.05, 0.1) is 18.2 Å². The number of halogens is 2. The Morgan fingerprint density at radius 1 is 0.966 bits per heavy atom. The van der Waals surface area contributed by atoms with Gasteiger partial charge in [0, 0.05) is 18.2 Å². The molecular formula is C22H27F2N3O2. The molecule has 2 heterocycles. The number of aromatic nitrogens is 2. The van der Waals surface area contributed by atoms with E-state index >= 15 is 0 Å². The molecule has 1 aromatic carbocycles. The molecule has 1 aliphatic heterocycles. The van der Waals surface area contributed by atoms with Crippen LogP contribution in [0.2, 0.25) is 0 Å². The van der Waals surface area contributed by atoms with Crippen molar-refractivity contribution in [2.24, 2.45) is 5.92 Å². The maximum Gasteiger partial charge on any atom is 0.245 e. The molecule has 2 atom stereocenters. The van der Waals surface area contributed by atoms with E-state index in [9.17, 15) is 8.78 Å². The van der Waals surface area contributed by atoms with Gasteiger partial charge in [-0.3, -0.25) is 0 Å². The molecular weight excluding hydrogens is 376 g/mol. The number of ether oxygens (including phenoxy) is 2. The minimum Gasteiger partial charge on any atom is -0.490 e. The number of benzene rings is 1. The molecule has 1 aromatic heterocycles. The highest BCUT2D eigenvalue weighted by Gasteiger charge is 2.34. The SMILES string of the molecule is FC(F)C1CCNCC1Oc1cc(-c2ccc(OC3CCCCC3)cc2)cnn1. The highest BCUT2D eigenvalue weighted by molar-refractivity contribution is 5.63. The van der Waals surface area contributed by atoms with E-state index in [1.165, 1.54) is 19.3 Å². The molecule has 156 valence electrons. The molecule has 1 aliphatic carbocycles. The predicted molar refractivity (Wildman–Crippen MR) is 106 cm³/mol. The number of piperidine rings is 1. The Hall–Kier alpha value is -2.28. The van der Waals surface area contributed by atoms with E-state index in [4.69, 9.17) is 9.47 Å². The van der Waals surface area contributed by atoms with Crippen LogP contribution in [0.1, 0.15) is 38.5 Å². The Kier molecular flexibility index (Phi) is 6.54. The molecule has 2 fully saturated rings. The first-order chi connectivity index (χ1) is 14.2. The smallest absolute Gasteiger partial charge is 0.245 e. The fourth-order valence-corrected chi connectivity index (χ4v) is 4.09. The zero-order valence-electron chi connectivity index (χ0n) is 16.4. The fourth-order valence-electron chi connectivity index (χ4n) is 4.09. The van der Waals surface area contributed by atoms with Gasteiger partial charge in [-0.1, -0.05) is 18.6 Å². The van der Waals surface area contributed by atoms with E-state index in [0.29, 0.717) is 25.6 Å². The second kappa shape index (κ2) is 9.48. The van der Waals surface area contributed by atoms with Crippen LogP contribution in [0.25, 0.3) is 11.1 Å². The third kappa shape index (κ3) is 5.21. The van der Waals surface area contributed by atoms with Crippen LogP contribution in [0.15, 0.2) is 36.5 Å². The van der Waals surface area contributed by atoms with Crippen LogP contribution in [0.3, 0.4) is 0 Å². The first-order valence-electron chi connectivity index (χ1n) is 10.4. The number of alkyl halides is 2. The van der Waals surface area contributed by atoms with E-state index in [1.807, 2.05) is 24.3 Å². The third-order valence-corrected chi connectivity index (χ3v) is 5.75. The monoisotopic (exact) mass is 403 g/mol. The van der Waals surface area contributed by atoms with Gasteiger partial charge >= 0.3 is 0 Å². The molecule has 0 bridgehead atoms. The first kappa shape index (κ1) is 20.0. The van der Waals surface area contributed by atoms with Crippen molar-refractivity contribution in [3.8, 4) is 22.8 Å². The number of hydrogen-bond donors (Lipinski definition) is 1. The standard InChI is InChI=1S/C22H27F2N3O2/c23-22(24)19-10-11-25-14-20(19)29-21-12-16(13-26-27-21)15-6-8-18(9-7-15)28-17-4-2-1-3-5-17/h6-9,12-13,17,19-20,22,25H,1-5,10-11,14H2. The number of nitrogens with one attached hydrogen (secondary N) is 1. The second-order valence-electron chi connectivity index (χ2n) is 7.83. The van der Waals surface area contributed by atoms with Crippen LogP contribution in [0.5, 0.6) is 11.6 Å². The Labute approximate surface area is 169 Å². The minimum absolute atomic E-state index is 0.268. The molecule has 4 rings (SSSR count). The summed E-state index contributed by atoms with van der Waals surface area (Å²) in [5.74, 6) is 0.342. The lowest BCUT2D eigenvalue weighted by Gasteiger charge is -2.31. The van der Waals surface area contributed by atoms with Crippen molar-refractivity contribution >= 4 is 0 Å². The summed E-state index contributed by atoms with van der Waals surface area (Å²) in [7, 11) is 0. The topological polar surface area (TPSA) is 56.3 Å². The molecule has 2 aliphatic rings. The van der Waals surface area contributed by atoms with Crippen molar-refractivity contribution in [1.29, 1.82) is 0 Å². The molecule has 7 heteroatoms. The first-order valence-corrected chi connectivity index (χ1v) is 10.4. The third-order valence-electron chi connectivity index (χ3n) is 5.75. The van der Waals surface area contributed by atoms with E-state index in [2.05, 4.69) is 15.5 Å². The van der Waals surface area contributed by atoms with Crippen LogP contribution in [-0.4, -0.2) is 41.9 Å². The van der Waals surface area contributed by atoms with Gasteiger partial charge in [0.25, 0.3) is 0 Å². The van der Waals surface area contributed by atoms with Crippen molar-refractivity contribution in [3.05, 3.63) is 36.5 Å². The van der Waals surface area contributed by atoms with Gasteiger partial charge < -0.3 is 14.8 Å². The zero-order chi connectivity index (χ0) is 20.1. The summed E-state index contributed by atoms with van der Waals surface area (Å²) in [5, 5.41) is 11.1. The lowest BCUT2D eigenvalue weighted by Crippen LogP contribution is -2.46. The largest absolute Gasteiger partial charge is 0.490 e. The number of nitrogens with zero attached hydrogens (tertiary/aromatic N) is 2. The summed E-state index contributed by atoms with van der Waals surface area (Å²) in [6.45, 7) is 0.962. The highest BCUT2D eigenvalue weighted by atomic mass is 19.3. The highest BCUT2D eigenvalue weighted by Crippen LogP contribution is 2.29. The average molecular weight is 403 g/mol.